The number of nitriles is 1. The molecule has 0 saturated heterocycles. The Balaban J connectivity index is 2.24. The molecule has 112 valence electrons. The number of amides is 1. The predicted molar refractivity (Wildman–Crippen MR) is 85.5 cm³/mol. The van der Waals surface area contributed by atoms with Gasteiger partial charge in [0.25, 0.3) is 5.56 Å². The summed E-state index contributed by atoms with van der Waals surface area (Å²) < 4.78 is 1.84. The van der Waals surface area contributed by atoms with Crippen LogP contribution in [0.25, 0.3) is 0 Å². The van der Waals surface area contributed by atoms with Crippen LogP contribution in [-0.2, 0) is 11.3 Å². The molecule has 22 heavy (non-hydrogen) atoms. The molecule has 0 bridgehead atoms. The number of hydrogen-bond donors (Lipinski definition) is 1. The van der Waals surface area contributed by atoms with E-state index in [1.165, 1.54) is 0 Å². The average molecular weight is 361 g/mol. The molecule has 0 saturated carbocycles. The van der Waals surface area contributed by atoms with Crippen LogP contribution in [-0.4, -0.2) is 15.7 Å². The van der Waals surface area contributed by atoms with Crippen molar-refractivity contribution in [1.82, 2.24) is 9.78 Å². The van der Waals surface area contributed by atoms with Crippen LogP contribution in [0.2, 0.25) is 0 Å². The van der Waals surface area contributed by atoms with Gasteiger partial charge in [0.05, 0.1) is 5.69 Å². The zero-order chi connectivity index (χ0) is 16.3. The fraction of sp³-hybridized carbons (Fsp3) is 0.200. The summed E-state index contributed by atoms with van der Waals surface area (Å²) in [5, 5.41) is 15.8. The lowest BCUT2D eigenvalue weighted by atomic mass is 10.1. The average Bonchev–Trinajstić information content (AvgIpc) is 2.45. The number of nitrogens with one attached hydrogen (secondary N) is 1. The van der Waals surface area contributed by atoms with Gasteiger partial charge < -0.3 is 5.32 Å². The zero-order valence-electron chi connectivity index (χ0n) is 12.1. The molecule has 2 aromatic rings. The van der Waals surface area contributed by atoms with Crippen molar-refractivity contribution in [3.8, 4) is 6.07 Å². The third-order valence-electron chi connectivity index (χ3n) is 3.15. The summed E-state index contributed by atoms with van der Waals surface area (Å²) >= 11 is 3.31. The summed E-state index contributed by atoms with van der Waals surface area (Å²) in [7, 11) is 0. The maximum absolute atomic E-state index is 12.1. The molecule has 0 aliphatic heterocycles. The number of benzene rings is 1. The Bertz CT molecular complexity index is 836. The van der Waals surface area contributed by atoms with Gasteiger partial charge in [-0.3, -0.25) is 9.59 Å². The number of anilines is 1. The van der Waals surface area contributed by atoms with Gasteiger partial charge in [-0.2, -0.15) is 10.4 Å². The first-order valence-corrected chi connectivity index (χ1v) is 7.25. The second-order valence-corrected chi connectivity index (χ2v) is 5.63. The lowest BCUT2D eigenvalue weighted by molar-refractivity contribution is -0.117. The highest BCUT2D eigenvalue weighted by atomic mass is 79.9. The molecule has 1 N–H and O–H groups in total. The lowest BCUT2D eigenvalue weighted by Gasteiger charge is -2.09. The molecule has 0 spiro atoms. The van der Waals surface area contributed by atoms with Crippen LogP contribution in [0.4, 0.5) is 5.69 Å². The largest absolute Gasteiger partial charge is 0.324 e. The SMILES string of the molecule is Cc1nn(CC(=O)Nc2cccc(Br)c2)c(=O)c(C#N)c1C. The van der Waals surface area contributed by atoms with Gasteiger partial charge in [0, 0.05) is 10.2 Å². The van der Waals surface area contributed by atoms with Crippen LogP contribution in [0.5, 0.6) is 0 Å². The Morgan fingerprint density at radius 1 is 1.45 bits per heavy atom. The number of aromatic nitrogens is 2. The smallest absolute Gasteiger partial charge is 0.285 e. The zero-order valence-corrected chi connectivity index (χ0v) is 13.6. The first-order valence-electron chi connectivity index (χ1n) is 6.46. The molecule has 1 amide bonds. The molecule has 2 rings (SSSR count). The number of aryl methyl sites for hydroxylation is 1. The highest BCUT2D eigenvalue weighted by Crippen LogP contribution is 2.15. The van der Waals surface area contributed by atoms with E-state index < -0.39 is 5.56 Å². The molecule has 0 unspecified atom stereocenters. The Hall–Kier alpha value is -2.46. The van der Waals surface area contributed by atoms with Gasteiger partial charge >= 0.3 is 0 Å². The maximum Gasteiger partial charge on any atom is 0.285 e. The van der Waals surface area contributed by atoms with Crippen LogP contribution in [0.1, 0.15) is 16.8 Å². The summed E-state index contributed by atoms with van der Waals surface area (Å²) in [6.07, 6.45) is 0. The Morgan fingerprint density at radius 2 is 2.18 bits per heavy atom. The first-order chi connectivity index (χ1) is 10.4. The number of nitrogens with zero attached hydrogens (tertiary/aromatic N) is 3. The monoisotopic (exact) mass is 360 g/mol. The van der Waals surface area contributed by atoms with E-state index in [2.05, 4.69) is 26.3 Å². The van der Waals surface area contributed by atoms with E-state index in [1.54, 1.807) is 32.0 Å². The van der Waals surface area contributed by atoms with E-state index in [9.17, 15) is 9.59 Å². The van der Waals surface area contributed by atoms with Crippen LogP contribution in [0.3, 0.4) is 0 Å². The Kier molecular flexibility index (Phi) is 4.73. The maximum atomic E-state index is 12.1. The Labute approximate surface area is 135 Å². The van der Waals surface area contributed by atoms with Crippen LogP contribution in [0, 0.1) is 25.2 Å². The molecule has 0 fully saturated rings. The molecule has 0 atom stereocenters. The van der Waals surface area contributed by atoms with Crippen molar-refractivity contribution in [2.24, 2.45) is 0 Å². The van der Waals surface area contributed by atoms with Crippen LogP contribution in [0.15, 0.2) is 33.5 Å². The van der Waals surface area contributed by atoms with Gasteiger partial charge in [-0.25, -0.2) is 4.68 Å². The van der Waals surface area contributed by atoms with E-state index in [4.69, 9.17) is 5.26 Å². The van der Waals surface area contributed by atoms with Crippen LogP contribution >= 0.6 is 15.9 Å². The van der Waals surface area contributed by atoms with Crippen molar-refractivity contribution in [1.29, 1.82) is 5.26 Å². The third kappa shape index (κ3) is 3.40. The lowest BCUT2D eigenvalue weighted by Crippen LogP contribution is -2.32. The van der Waals surface area contributed by atoms with Gasteiger partial charge in [0.1, 0.15) is 18.2 Å². The van der Waals surface area contributed by atoms with E-state index in [0.717, 1.165) is 9.15 Å². The molecule has 0 aliphatic carbocycles. The van der Waals surface area contributed by atoms with Crippen LogP contribution < -0.4 is 10.9 Å². The molecule has 1 aromatic heterocycles. The fourth-order valence-corrected chi connectivity index (χ4v) is 2.31. The minimum Gasteiger partial charge on any atom is -0.324 e. The minimum absolute atomic E-state index is 0.0164. The van der Waals surface area contributed by atoms with E-state index in [1.807, 2.05) is 12.1 Å². The van der Waals surface area contributed by atoms with Gasteiger partial charge in [-0.05, 0) is 37.6 Å². The van der Waals surface area contributed by atoms with Gasteiger partial charge in [0.2, 0.25) is 5.91 Å². The topological polar surface area (TPSA) is 87.8 Å². The molecular formula is C15H13BrN4O2. The quantitative estimate of drug-likeness (QED) is 0.907. The van der Waals surface area contributed by atoms with Crippen molar-refractivity contribution in [3.05, 3.63) is 55.9 Å². The van der Waals surface area contributed by atoms with Gasteiger partial charge in [-0.15, -0.1) is 0 Å². The van der Waals surface area contributed by atoms with E-state index in [-0.39, 0.29) is 18.0 Å². The summed E-state index contributed by atoms with van der Waals surface area (Å²) in [5.41, 5.74) is 1.15. The van der Waals surface area contributed by atoms with Crippen molar-refractivity contribution >= 4 is 27.5 Å². The highest BCUT2D eigenvalue weighted by Gasteiger charge is 2.14. The number of carbonyl (C=O) groups excluding carboxylic acids is 1. The van der Waals surface area contributed by atoms with Crippen molar-refractivity contribution in [3.63, 3.8) is 0 Å². The molecule has 0 radical (unpaired) electrons. The molecule has 1 heterocycles. The third-order valence-corrected chi connectivity index (χ3v) is 3.64. The standard InChI is InChI=1S/C15H13BrN4O2/c1-9-10(2)19-20(15(22)13(9)7-17)8-14(21)18-12-5-3-4-11(16)6-12/h3-6H,8H2,1-2H3,(H,18,21). The molecular weight excluding hydrogens is 348 g/mol. The number of halogens is 1. The molecule has 6 nitrogen and oxygen atoms in total. The second kappa shape index (κ2) is 6.54. The molecule has 0 aliphatic rings. The number of carbonyl (C=O) groups is 1. The van der Waals surface area contributed by atoms with E-state index >= 15 is 0 Å². The number of hydrogen-bond acceptors (Lipinski definition) is 4. The normalized spacial score (nSPS) is 10.1. The van der Waals surface area contributed by atoms with Crippen molar-refractivity contribution in [2.45, 2.75) is 20.4 Å². The Morgan fingerprint density at radius 3 is 2.82 bits per heavy atom. The summed E-state index contributed by atoms with van der Waals surface area (Å²) in [6, 6.07) is 8.97. The molecule has 1 aromatic carbocycles. The van der Waals surface area contributed by atoms with Gasteiger partial charge in [0.15, 0.2) is 0 Å². The minimum atomic E-state index is -0.560. The summed E-state index contributed by atoms with van der Waals surface area (Å²) in [4.78, 5) is 24.1. The highest BCUT2D eigenvalue weighted by molar-refractivity contribution is 9.10. The van der Waals surface area contributed by atoms with Crippen molar-refractivity contribution in [2.75, 3.05) is 5.32 Å². The number of rotatable bonds is 3. The second-order valence-electron chi connectivity index (χ2n) is 4.72. The first kappa shape index (κ1) is 15.9. The van der Waals surface area contributed by atoms with E-state index in [0.29, 0.717) is 16.9 Å². The summed E-state index contributed by atoms with van der Waals surface area (Å²) in [6.45, 7) is 3.10. The fourth-order valence-electron chi connectivity index (χ4n) is 1.91. The van der Waals surface area contributed by atoms with Crippen molar-refractivity contribution < 1.29 is 4.79 Å². The predicted octanol–water partition coefficient (Wildman–Crippen LogP) is 2.13. The van der Waals surface area contributed by atoms with Gasteiger partial charge in [-0.1, -0.05) is 22.0 Å². The summed E-state index contributed by atoms with van der Waals surface area (Å²) in [5.74, 6) is -0.389. The molecule has 7 heteroatoms.